The molecular formula is C23H24N2O3. The highest BCUT2D eigenvalue weighted by Gasteiger charge is 2.28. The summed E-state index contributed by atoms with van der Waals surface area (Å²) in [5.74, 6) is -0.183. The highest BCUT2D eigenvalue weighted by Crippen LogP contribution is 2.22. The average Bonchev–Trinajstić information content (AvgIpc) is 2.74. The van der Waals surface area contributed by atoms with E-state index in [-0.39, 0.29) is 11.5 Å². The molecule has 1 saturated heterocycles. The summed E-state index contributed by atoms with van der Waals surface area (Å²) in [6, 6.07) is 18.7. The Bertz CT molecular complexity index is 865. The van der Waals surface area contributed by atoms with Gasteiger partial charge in [0, 0.05) is 13.1 Å². The van der Waals surface area contributed by atoms with Crippen LogP contribution in [0, 0.1) is 17.2 Å². The number of likely N-dealkylation sites (tertiary alicyclic amines) is 1. The molecule has 144 valence electrons. The average molecular weight is 376 g/mol. The number of piperidine rings is 1. The van der Waals surface area contributed by atoms with Crippen molar-refractivity contribution in [2.45, 2.75) is 32.3 Å². The van der Waals surface area contributed by atoms with E-state index in [1.165, 1.54) is 11.6 Å². The molecule has 1 fully saturated rings. The summed E-state index contributed by atoms with van der Waals surface area (Å²) in [7, 11) is 0. The van der Waals surface area contributed by atoms with Crippen LogP contribution >= 0.6 is 0 Å². The lowest BCUT2D eigenvalue weighted by Gasteiger charge is -2.33. The number of ether oxygens (including phenoxy) is 1. The van der Waals surface area contributed by atoms with Crippen molar-refractivity contribution in [1.29, 1.82) is 5.26 Å². The second kappa shape index (κ2) is 9.18. The Kier molecular flexibility index (Phi) is 6.44. The number of carbonyl (C=O) groups is 2. The molecule has 1 aliphatic heterocycles. The lowest BCUT2D eigenvalue weighted by atomic mass is 9.90. The van der Waals surface area contributed by atoms with Crippen LogP contribution in [0.2, 0.25) is 0 Å². The minimum Gasteiger partial charge on any atom is -0.449 e. The molecule has 0 aliphatic carbocycles. The predicted molar refractivity (Wildman–Crippen MR) is 105 cm³/mol. The first kappa shape index (κ1) is 19.6. The Balaban J connectivity index is 1.50. The first-order valence-corrected chi connectivity index (χ1v) is 9.60. The van der Waals surface area contributed by atoms with Crippen LogP contribution < -0.4 is 0 Å². The maximum Gasteiger partial charge on any atom is 0.338 e. The molecule has 1 aliphatic rings. The van der Waals surface area contributed by atoms with Gasteiger partial charge in [-0.2, -0.15) is 5.26 Å². The SMILES string of the molecule is C[C@H](OC(=O)c1cccc(C#N)c1)C(=O)N1CCC(Cc2ccccc2)CC1. The third-order valence-electron chi connectivity index (χ3n) is 5.15. The van der Waals surface area contributed by atoms with E-state index in [1.807, 2.05) is 12.1 Å². The van der Waals surface area contributed by atoms with Gasteiger partial charge in [0.15, 0.2) is 6.10 Å². The summed E-state index contributed by atoms with van der Waals surface area (Å²) in [6.45, 7) is 2.97. The van der Waals surface area contributed by atoms with Crippen LogP contribution in [-0.4, -0.2) is 36.0 Å². The maximum absolute atomic E-state index is 12.6. The molecule has 28 heavy (non-hydrogen) atoms. The second-order valence-corrected chi connectivity index (χ2v) is 7.20. The van der Waals surface area contributed by atoms with Crippen molar-refractivity contribution < 1.29 is 14.3 Å². The molecule has 1 atom stereocenters. The quantitative estimate of drug-likeness (QED) is 0.748. The topological polar surface area (TPSA) is 70.4 Å². The summed E-state index contributed by atoms with van der Waals surface area (Å²) in [5.41, 5.74) is 1.99. The lowest BCUT2D eigenvalue weighted by molar-refractivity contribution is -0.141. The zero-order valence-corrected chi connectivity index (χ0v) is 16.0. The van der Waals surface area contributed by atoms with Crippen molar-refractivity contribution in [2.24, 2.45) is 5.92 Å². The van der Waals surface area contributed by atoms with Gasteiger partial charge in [0.25, 0.3) is 5.91 Å². The molecule has 2 aromatic rings. The van der Waals surface area contributed by atoms with E-state index in [0.717, 1.165) is 19.3 Å². The van der Waals surface area contributed by atoms with Crippen LogP contribution in [0.4, 0.5) is 0 Å². The van der Waals surface area contributed by atoms with Gasteiger partial charge in [-0.3, -0.25) is 4.79 Å². The maximum atomic E-state index is 12.6. The van der Waals surface area contributed by atoms with E-state index in [9.17, 15) is 9.59 Å². The standard InChI is InChI=1S/C23H24N2O3/c1-17(28-23(27)21-9-5-8-20(15-21)16-24)22(26)25-12-10-19(11-13-25)14-18-6-3-2-4-7-18/h2-9,15,17,19H,10-14H2,1H3/t17-/m0/s1. The molecule has 2 aromatic carbocycles. The van der Waals surface area contributed by atoms with Crippen LogP contribution in [0.3, 0.4) is 0 Å². The summed E-state index contributed by atoms with van der Waals surface area (Å²) in [5, 5.41) is 8.94. The summed E-state index contributed by atoms with van der Waals surface area (Å²) >= 11 is 0. The Hall–Kier alpha value is -3.13. The van der Waals surface area contributed by atoms with Gasteiger partial charge in [-0.15, -0.1) is 0 Å². The molecule has 0 aromatic heterocycles. The van der Waals surface area contributed by atoms with Crippen molar-refractivity contribution >= 4 is 11.9 Å². The van der Waals surface area contributed by atoms with Gasteiger partial charge in [0.05, 0.1) is 17.2 Å². The number of amides is 1. The zero-order chi connectivity index (χ0) is 19.9. The molecule has 3 rings (SSSR count). The second-order valence-electron chi connectivity index (χ2n) is 7.20. The fraction of sp³-hybridized carbons (Fsp3) is 0.348. The molecule has 1 amide bonds. The molecule has 0 unspecified atom stereocenters. The Morgan fingerprint density at radius 2 is 1.86 bits per heavy atom. The lowest BCUT2D eigenvalue weighted by Crippen LogP contribution is -2.44. The van der Waals surface area contributed by atoms with Crippen LogP contribution in [-0.2, 0) is 16.0 Å². The monoisotopic (exact) mass is 376 g/mol. The van der Waals surface area contributed by atoms with Gasteiger partial charge in [-0.05, 0) is 55.9 Å². The minimum absolute atomic E-state index is 0.164. The molecular weight excluding hydrogens is 352 g/mol. The Morgan fingerprint density at radius 3 is 2.54 bits per heavy atom. The molecule has 0 spiro atoms. The molecule has 0 saturated carbocycles. The zero-order valence-electron chi connectivity index (χ0n) is 16.0. The number of hydrogen-bond donors (Lipinski definition) is 0. The number of nitriles is 1. The first-order valence-electron chi connectivity index (χ1n) is 9.60. The van der Waals surface area contributed by atoms with Crippen molar-refractivity contribution in [2.75, 3.05) is 13.1 Å². The van der Waals surface area contributed by atoms with Crippen molar-refractivity contribution in [3.63, 3.8) is 0 Å². The van der Waals surface area contributed by atoms with E-state index < -0.39 is 12.1 Å². The number of esters is 1. The summed E-state index contributed by atoms with van der Waals surface area (Å²) in [4.78, 5) is 26.7. The molecule has 0 radical (unpaired) electrons. The Labute approximate surface area is 165 Å². The van der Waals surface area contributed by atoms with Gasteiger partial charge >= 0.3 is 5.97 Å². The van der Waals surface area contributed by atoms with Gasteiger partial charge < -0.3 is 9.64 Å². The highest BCUT2D eigenvalue weighted by atomic mass is 16.5. The van der Waals surface area contributed by atoms with E-state index in [2.05, 4.69) is 24.3 Å². The van der Waals surface area contributed by atoms with Crippen LogP contribution in [0.5, 0.6) is 0 Å². The third kappa shape index (κ3) is 4.98. The fourth-order valence-corrected chi connectivity index (χ4v) is 3.56. The summed E-state index contributed by atoms with van der Waals surface area (Å²) < 4.78 is 5.33. The van der Waals surface area contributed by atoms with Gasteiger partial charge in [-0.1, -0.05) is 36.4 Å². The van der Waals surface area contributed by atoms with Crippen molar-refractivity contribution in [3.8, 4) is 6.07 Å². The van der Waals surface area contributed by atoms with Crippen molar-refractivity contribution in [1.82, 2.24) is 4.90 Å². The normalized spacial score (nSPS) is 15.5. The molecule has 5 heteroatoms. The summed E-state index contributed by atoms with van der Waals surface area (Å²) in [6.07, 6.45) is 2.09. The van der Waals surface area contributed by atoms with Gasteiger partial charge in [-0.25, -0.2) is 4.79 Å². The molecule has 1 heterocycles. The van der Waals surface area contributed by atoms with E-state index in [4.69, 9.17) is 10.00 Å². The van der Waals surface area contributed by atoms with E-state index in [1.54, 1.807) is 30.0 Å². The third-order valence-corrected chi connectivity index (χ3v) is 5.15. The van der Waals surface area contributed by atoms with E-state index in [0.29, 0.717) is 24.6 Å². The minimum atomic E-state index is -0.844. The van der Waals surface area contributed by atoms with Crippen LogP contribution in [0.1, 0.15) is 41.3 Å². The number of rotatable bonds is 5. The number of carbonyl (C=O) groups excluding carboxylic acids is 2. The van der Waals surface area contributed by atoms with Crippen LogP contribution in [0.25, 0.3) is 0 Å². The van der Waals surface area contributed by atoms with E-state index >= 15 is 0 Å². The Morgan fingerprint density at radius 1 is 1.14 bits per heavy atom. The highest BCUT2D eigenvalue weighted by molar-refractivity contribution is 5.92. The first-order chi connectivity index (χ1) is 13.6. The molecule has 0 N–H and O–H groups in total. The predicted octanol–water partition coefficient (Wildman–Crippen LogP) is 3.58. The molecule has 0 bridgehead atoms. The smallest absolute Gasteiger partial charge is 0.338 e. The fourth-order valence-electron chi connectivity index (χ4n) is 3.56. The van der Waals surface area contributed by atoms with Gasteiger partial charge in [0.2, 0.25) is 0 Å². The number of benzene rings is 2. The largest absolute Gasteiger partial charge is 0.449 e. The number of nitrogens with zero attached hydrogens (tertiary/aromatic N) is 2. The number of hydrogen-bond acceptors (Lipinski definition) is 4. The molecule has 5 nitrogen and oxygen atoms in total. The van der Waals surface area contributed by atoms with Crippen LogP contribution in [0.15, 0.2) is 54.6 Å². The van der Waals surface area contributed by atoms with Gasteiger partial charge in [0.1, 0.15) is 0 Å². The van der Waals surface area contributed by atoms with Crippen molar-refractivity contribution in [3.05, 3.63) is 71.3 Å².